The fourth-order valence-corrected chi connectivity index (χ4v) is 4.31. The van der Waals surface area contributed by atoms with Crippen LogP contribution in [0.1, 0.15) is 18.9 Å². The maximum Gasteiger partial charge on any atom is 0.276 e. The number of pyridine rings is 1. The molecule has 1 unspecified atom stereocenters. The van der Waals surface area contributed by atoms with Gasteiger partial charge in [-0.3, -0.25) is 14.9 Å². The lowest BCUT2D eigenvalue weighted by molar-refractivity contribution is 0.360. The van der Waals surface area contributed by atoms with Crippen LogP contribution in [-0.2, 0) is 0 Å². The van der Waals surface area contributed by atoms with Gasteiger partial charge in [-0.05, 0) is 38.6 Å². The minimum absolute atomic E-state index is 0.0619. The van der Waals surface area contributed by atoms with Gasteiger partial charge >= 0.3 is 0 Å². The van der Waals surface area contributed by atoms with Crippen molar-refractivity contribution in [2.24, 2.45) is 0 Å². The predicted octanol–water partition coefficient (Wildman–Crippen LogP) is 3.22. The third kappa shape index (κ3) is 3.15. The summed E-state index contributed by atoms with van der Waals surface area (Å²) in [6.07, 6.45) is 11.3. The largest absolute Gasteiger partial charge is 0.368 e. The van der Waals surface area contributed by atoms with Crippen molar-refractivity contribution >= 4 is 27.5 Å². The van der Waals surface area contributed by atoms with Crippen LogP contribution >= 0.6 is 0 Å². The monoisotopic (exact) mass is 393 g/mol. The van der Waals surface area contributed by atoms with E-state index in [1.165, 1.54) is 6.07 Å². The molecule has 0 amide bonds. The van der Waals surface area contributed by atoms with E-state index in [1.54, 1.807) is 10.9 Å². The molecule has 1 saturated heterocycles. The van der Waals surface area contributed by atoms with Gasteiger partial charge in [0.1, 0.15) is 5.82 Å². The Labute approximate surface area is 167 Å². The van der Waals surface area contributed by atoms with Gasteiger partial charge in [0.2, 0.25) is 0 Å². The fraction of sp³-hybridized carbons (Fsp3) is 0.364. The Bertz CT molecular complexity index is 1190. The average molecular weight is 393 g/mol. The molecule has 1 aliphatic heterocycles. The molecule has 0 bridgehead atoms. The summed E-state index contributed by atoms with van der Waals surface area (Å²) in [6.45, 7) is 3.53. The van der Waals surface area contributed by atoms with Crippen molar-refractivity contribution in [2.75, 3.05) is 38.1 Å². The second-order valence-electron chi connectivity index (χ2n) is 7.91. The molecule has 1 N–H and O–H groups in total. The minimum atomic E-state index is -0.273. The molecule has 3 heterocycles. The number of halogens is 1. The summed E-state index contributed by atoms with van der Waals surface area (Å²) in [7, 11) is 2.09. The third-order valence-corrected chi connectivity index (χ3v) is 5.97. The van der Waals surface area contributed by atoms with Crippen molar-refractivity contribution in [1.29, 1.82) is 0 Å². The molecular weight excluding hydrogens is 369 g/mol. The number of nitrogens with zero attached hydrogens (tertiary/aromatic N) is 4. The lowest BCUT2D eigenvalue weighted by Crippen LogP contribution is -2.29. The van der Waals surface area contributed by atoms with Crippen LogP contribution in [0.2, 0.25) is 0 Å². The quantitative estimate of drug-likeness (QED) is 0.726. The molecular formula is C22H24FN5O. The van der Waals surface area contributed by atoms with Gasteiger partial charge in [-0.25, -0.2) is 9.07 Å². The standard InChI is InChI=1S/C22H24FN5O/c1-26-8-5-9-27(11-10-26)20-13-19-16(12-18(20)23)21-17(14-24-19)22(29)28(25-21)15-6-3-2-4-7-15/h2-4,6,12-15,25H,5,7-11H2,1H3. The number of hydrogen-bond donors (Lipinski definition) is 1. The molecule has 0 spiro atoms. The second kappa shape index (κ2) is 7.15. The molecule has 1 fully saturated rings. The summed E-state index contributed by atoms with van der Waals surface area (Å²) in [5.41, 5.74) is 1.80. The van der Waals surface area contributed by atoms with E-state index in [9.17, 15) is 4.79 Å². The number of allylic oxidation sites excluding steroid dienone is 4. The summed E-state index contributed by atoms with van der Waals surface area (Å²) in [5, 5.41) is 4.34. The number of aromatic nitrogens is 3. The average Bonchev–Trinajstić information content (AvgIpc) is 2.92. The topological polar surface area (TPSA) is 57.2 Å². The van der Waals surface area contributed by atoms with E-state index in [-0.39, 0.29) is 17.4 Å². The van der Waals surface area contributed by atoms with Crippen LogP contribution in [0.5, 0.6) is 0 Å². The molecule has 29 heavy (non-hydrogen) atoms. The molecule has 0 saturated carbocycles. The summed E-state index contributed by atoms with van der Waals surface area (Å²) >= 11 is 0. The number of anilines is 1. The van der Waals surface area contributed by atoms with E-state index in [4.69, 9.17) is 0 Å². The number of benzene rings is 1. The molecule has 5 rings (SSSR count). The number of aromatic amines is 1. The zero-order valence-electron chi connectivity index (χ0n) is 16.4. The van der Waals surface area contributed by atoms with Crippen LogP contribution in [0.25, 0.3) is 21.8 Å². The van der Waals surface area contributed by atoms with Gasteiger partial charge in [-0.15, -0.1) is 0 Å². The Kier molecular flexibility index (Phi) is 4.47. The first kappa shape index (κ1) is 18.1. The summed E-state index contributed by atoms with van der Waals surface area (Å²) in [5.74, 6) is -0.273. The second-order valence-corrected chi connectivity index (χ2v) is 7.91. The maximum atomic E-state index is 15.1. The number of fused-ring (bicyclic) bond motifs is 3. The smallest absolute Gasteiger partial charge is 0.276 e. The summed E-state index contributed by atoms with van der Waals surface area (Å²) in [4.78, 5) is 21.7. The van der Waals surface area contributed by atoms with Gasteiger partial charge in [0, 0.05) is 31.2 Å². The molecule has 2 aliphatic rings. The Morgan fingerprint density at radius 2 is 2.03 bits per heavy atom. The predicted molar refractivity (Wildman–Crippen MR) is 114 cm³/mol. The molecule has 0 radical (unpaired) electrons. The van der Waals surface area contributed by atoms with Gasteiger partial charge in [-0.1, -0.05) is 24.3 Å². The normalized spacial score (nSPS) is 20.6. The molecule has 6 nitrogen and oxygen atoms in total. The third-order valence-electron chi connectivity index (χ3n) is 5.97. The van der Waals surface area contributed by atoms with Gasteiger partial charge in [0.25, 0.3) is 5.56 Å². The fourth-order valence-electron chi connectivity index (χ4n) is 4.31. The summed E-state index contributed by atoms with van der Waals surface area (Å²) in [6, 6.07) is 3.27. The van der Waals surface area contributed by atoms with Gasteiger partial charge in [0.15, 0.2) is 0 Å². The lowest BCUT2D eigenvalue weighted by Gasteiger charge is -2.23. The lowest BCUT2D eigenvalue weighted by atomic mass is 10.1. The molecule has 2 aromatic heterocycles. The van der Waals surface area contributed by atoms with E-state index < -0.39 is 0 Å². The molecule has 150 valence electrons. The van der Waals surface area contributed by atoms with Crippen molar-refractivity contribution < 1.29 is 4.39 Å². The number of nitrogens with one attached hydrogen (secondary N) is 1. The zero-order valence-corrected chi connectivity index (χ0v) is 16.4. The van der Waals surface area contributed by atoms with Crippen molar-refractivity contribution in [1.82, 2.24) is 19.7 Å². The first-order valence-electron chi connectivity index (χ1n) is 10.1. The van der Waals surface area contributed by atoms with Crippen LogP contribution in [0.15, 0.2) is 47.4 Å². The highest BCUT2D eigenvalue weighted by molar-refractivity contribution is 6.03. The highest BCUT2D eigenvalue weighted by atomic mass is 19.1. The highest BCUT2D eigenvalue weighted by Crippen LogP contribution is 2.29. The molecule has 1 aromatic carbocycles. The Balaban J connectivity index is 1.61. The van der Waals surface area contributed by atoms with Crippen LogP contribution < -0.4 is 10.5 Å². The van der Waals surface area contributed by atoms with E-state index in [2.05, 4.69) is 26.9 Å². The van der Waals surface area contributed by atoms with E-state index in [1.807, 2.05) is 30.4 Å². The Morgan fingerprint density at radius 3 is 2.86 bits per heavy atom. The van der Waals surface area contributed by atoms with E-state index in [0.717, 1.165) is 39.0 Å². The van der Waals surface area contributed by atoms with Crippen LogP contribution in [0.4, 0.5) is 10.1 Å². The molecule has 3 aromatic rings. The SMILES string of the molecule is CN1CCCN(c2cc3ncc4c(=O)n(C5C=CC=CC5)[nH]c4c3cc2F)CC1. The number of likely N-dealkylation sites (N-methyl/N-ethyl adjacent to an activating group) is 1. The first-order chi connectivity index (χ1) is 14.1. The van der Waals surface area contributed by atoms with Gasteiger partial charge in [0.05, 0.1) is 28.1 Å². The van der Waals surface area contributed by atoms with Crippen molar-refractivity contribution in [3.63, 3.8) is 0 Å². The molecule has 7 heteroatoms. The van der Waals surface area contributed by atoms with Gasteiger partial charge in [-0.2, -0.15) is 0 Å². The van der Waals surface area contributed by atoms with Crippen LogP contribution in [-0.4, -0.2) is 52.9 Å². The van der Waals surface area contributed by atoms with Crippen LogP contribution in [0, 0.1) is 5.82 Å². The number of H-pyrrole nitrogens is 1. The van der Waals surface area contributed by atoms with E-state index in [0.29, 0.717) is 27.5 Å². The summed E-state index contributed by atoms with van der Waals surface area (Å²) < 4.78 is 16.7. The van der Waals surface area contributed by atoms with E-state index >= 15 is 4.39 Å². The first-order valence-corrected chi connectivity index (χ1v) is 10.1. The molecule has 1 aliphatic carbocycles. The van der Waals surface area contributed by atoms with Crippen molar-refractivity contribution in [3.05, 3.63) is 58.8 Å². The highest BCUT2D eigenvalue weighted by Gasteiger charge is 2.20. The Hall–Kier alpha value is -2.93. The minimum Gasteiger partial charge on any atom is -0.368 e. The maximum absolute atomic E-state index is 15.1. The Morgan fingerprint density at radius 1 is 1.14 bits per heavy atom. The molecule has 1 atom stereocenters. The van der Waals surface area contributed by atoms with Crippen molar-refractivity contribution in [2.45, 2.75) is 18.9 Å². The number of hydrogen-bond acceptors (Lipinski definition) is 4. The van der Waals surface area contributed by atoms with Crippen molar-refractivity contribution in [3.8, 4) is 0 Å². The zero-order chi connectivity index (χ0) is 20.0. The van der Waals surface area contributed by atoms with Gasteiger partial charge < -0.3 is 9.80 Å². The van der Waals surface area contributed by atoms with Crippen LogP contribution in [0.3, 0.4) is 0 Å². The number of rotatable bonds is 2.